The Morgan fingerprint density at radius 3 is 1.60 bits per heavy atom. The number of amides is 3. The van der Waals surface area contributed by atoms with Crippen LogP contribution in [0.4, 0.5) is 5.69 Å². The molecule has 3 amide bonds. The van der Waals surface area contributed by atoms with Crippen LogP contribution in [-0.2, 0) is 17.6 Å². The van der Waals surface area contributed by atoms with E-state index in [0.29, 0.717) is 0 Å². The third-order valence-electron chi connectivity index (χ3n) is 4.37. The van der Waals surface area contributed by atoms with Crippen LogP contribution in [-0.4, -0.2) is 93.5 Å². The van der Waals surface area contributed by atoms with Crippen LogP contribution >= 0.6 is 0 Å². The van der Waals surface area contributed by atoms with E-state index in [1.54, 1.807) is 0 Å². The van der Waals surface area contributed by atoms with Gasteiger partial charge in [0, 0.05) is 30.5 Å². The first-order valence-corrected chi connectivity index (χ1v) is 9.01. The molecule has 1 rings (SSSR count). The number of primary amides is 2. The summed E-state index contributed by atoms with van der Waals surface area (Å²) in [6, 6.07) is 1.04. The Balaban J connectivity index is 4.06. The summed E-state index contributed by atoms with van der Waals surface area (Å²) in [5.41, 5.74) is 9.91. The first-order chi connectivity index (χ1) is 14.1. The number of nitrogens with two attached hydrogens (primary N) is 2. The van der Waals surface area contributed by atoms with E-state index in [1.165, 1.54) is 0 Å². The van der Waals surface area contributed by atoms with Crippen molar-refractivity contribution in [2.24, 2.45) is 11.5 Å². The molecule has 12 nitrogen and oxygen atoms in total. The number of carbonyl (C=O) groups is 3. The monoisotopic (exact) mass is 429 g/mol. The van der Waals surface area contributed by atoms with Crippen molar-refractivity contribution in [3.63, 3.8) is 0 Å². The lowest BCUT2D eigenvalue weighted by atomic mass is 9.88. The number of hydrogen-bond donors (Lipinski definition) is 8. The molecule has 168 valence electrons. The maximum absolute atomic E-state index is 12.4. The molecule has 0 saturated heterocycles. The predicted molar refractivity (Wildman–Crippen MR) is 104 cm³/mol. The van der Waals surface area contributed by atoms with E-state index in [1.807, 2.05) is 0 Å². The first kappa shape index (κ1) is 25.4. The molecule has 0 aliphatic carbocycles. The number of hydrogen-bond acceptors (Lipinski definition) is 9. The number of nitrogens with zero attached hydrogens (tertiary/aromatic N) is 1. The van der Waals surface area contributed by atoms with Gasteiger partial charge in [-0.3, -0.25) is 14.4 Å². The highest BCUT2D eigenvalue weighted by Crippen LogP contribution is 2.34. The van der Waals surface area contributed by atoms with Crippen molar-refractivity contribution in [3.05, 3.63) is 28.3 Å². The average Bonchev–Trinajstić information content (AvgIpc) is 2.71. The Labute approximate surface area is 172 Å². The second kappa shape index (κ2) is 11.5. The zero-order chi connectivity index (χ0) is 23.0. The Kier molecular flexibility index (Phi) is 9.78. The quantitative estimate of drug-likeness (QED) is 0.162. The highest BCUT2D eigenvalue weighted by Gasteiger charge is 2.30. The number of carbonyl (C=O) groups excluding carboxylic acids is 3. The van der Waals surface area contributed by atoms with Gasteiger partial charge < -0.3 is 47.0 Å². The highest BCUT2D eigenvalue weighted by atomic mass is 16.3. The molecule has 1 aromatic rings. The number of rotatable bonds is 12. The molecule has 12 heteroatoms. The molecule has 10 N–H and O–H groups in total. The van der Waals surface area contributed by atoms with Gasteiger partial charge in [-0.15, -0.1) is 0 Å². The van der Waals surface area contributed by atoms with Crippen molar-refractivity contribution >= 4 is 23.4 Å². The van der Waals surface area contributed by atoms with E-state index < -0.39 is 69.2 Å². The topological polar surface area (TPSA) is 228 Å². The number of aliphatic hydroxyl groups excluding tert-OH is 6. The lowest BCUT2D eigenvalue weighted by Gasteiger charge is -2.30. The second-order valence-corrected chi connectivity index (χ2v) is 6.51. The Hall–Kier alpha value is -2.61. The van der Waals surface area contributed by atoms with E-state index in [-0.39, 0.29) is 34.5 Å². The fourth-order valence-corrected chi connectivity index (χ4v) is 3.08. The van der Waals surface area contributed by atoms with Crippen LogP contribution in [0.3, 0.4) is 0 Å². The van der Waals surface area contributed by atoms with Crippen LogP contribution in [0.25, 0.3) is 0 Å². The highest BCUT2D eigenvalue weighted by molar-refractivity contribution is 6.06. The minimum atomic E-state index is -1.39. The molecule has 30 heavy (non-hydrogen) atoms. The van der Waals surface area contributed by atoms with Crippen LogP contribution < -0.4 is 16.4 Å². The van der Waals surface area contributed by atoms with Crippen molar-refractivity contribution in [1.82, 2.24) is 0 Å². The molecule has 0 radical (unpaired) electrons. The van der Waals surface area contributed by atoms with Crippen molar-refractivity contribution in [2.45, 2.75) is 25.0 Å². The molecule has 2 atom stereocenters. The third-order valence-corrected chi connectivity index (χ3v) is 4.37. The molecule has 0 aliphatic rings. The maximum atomic E-state index is 12.4. The standard InChI is InChI=1S/C18H27N3O9/c19-17(29)13-5-14(18(20)30)12(4-10(27)7-24)16(11(13)3-9(26)6-23)21(1-2-22)15(28)8-25/h5,9-10,22-27H,1-4,6-8H2,(H2,19,29)(H2,20,30). The van der Waals surface area contributed by atoms with Crippen LogP contribution in [0.1, 0.15) is 31.8 Å². The number of anilines is 1. The van der Waals surface area contributed by atoms with E-state index in [9.17, 15) is 45.0 Å². The normalized spacial score (nSPS) is 13.0. The van der Waals surface area contributed by atoms with Crippen molar-refractivity contribution in [2.75, 3.05) is 37.9 Å². The number of benzene rings is 1. The minimum Gasteiger partial charge on any atom is -0.395 e. The van der Waals surface area contributed by atoms with Gasteiger partial charge in [-0.25, -0.2) is 0 Å². The zero-order valence-corrected chi connectivity index (χ0v) is 16.2. The van der Waals surface area contributed by atoms with E-state index in [2.05, 4.69) is 0 Å². The van der Waals surface area contributed by atoms with Crippen molar-refractivity contribution < 1.29 is 45.0 Å². The Bertz CT molecular complexity index is 736. The van der Waals surface area contributed by atoms with Crippen LogP contribution in [0.2, 0.25) is 0 Å². The SMILES string of the molecule is NC(=O)c1cc(C(N)=O)c(CC(O)CO)c(N(CCO)C(=O)CO)c1CC(O)CO. The molecular weight excluding hydrogens is 402 g/mol. The van der Waals surface area contributed by atoms with Gasteiger partial charge in [0.2, 0.25) is 11.8 Å². The molecule has 1 aromatic carbocycles. The smallest absolute Gasteiger partial charge is 0.252 e. The van der Waals surface area contributed by atoms with Gasteiger partial charge in [0.25, 0.3) is 5.91 Å². The van der Waals surface area contributed by atoms with Crippen molar-refractivity contribution in [3.8, 4) is 0 Å². The average molecular weight is 429 g/mol. The summed E-state index contributed by atoms with van der Waals surface area (Å²) in [6.45, 7) is -3.39. The fourth-order valence-electron chi connectivity index (χ4n) is 3.08. The van der Waals surface area contributed by atoms with E-state index >= 15 is 0 Å². The van der Waals surface area contributed by atoms with Crippen LogP contribution in [0.15, 0.2) is 6.07 Å². The van der Waals surface area contributed by atoms with E-state index in [0.717, 1.165) is 11.0 Å². The lowest BCUT2D eigenvalue weighted by Crippen LogP contribution is -2.39. The molecule has 0 aromatic heterocycles. The molecule has 0 bridgehead atoms. The largest absolute Gasteiger partial charge is 0.395 e. The van der Waals surface area contributed by atoms with Crippen LogP contribution in [0, 0.1) is 0 Å². The van der Waals surface area contributed by atoms with Crippen LogP contribution in [0.5, 0.6) is 0 Å². The first-order valence-electron chi connectivity index (χ1n) is 9.01. The second-order valence-electron chi connectivity index (χ2n) is 6.51. The van der Waals surface area contributed by atoms with Gasteiger partial charge in [-0.1, -0.05) is 0 Å². The lowest BCUT2D eigenvalue weighted by molar-refractivity contribution is -0.121. The van der Waals surface area contributed by atoms with Gasteiger partial charge in [0.05, 0.1) is 37.7 Å². The summed E-state index contributed by atoms with van der Waals surface area (Å²) in [7, 11) is 0. The summed E-state index contributed by atoms with van der Waals surface area (Å²) in [5, 5.41) is 57.1. The van der Waals surface area contributed by atoms with Gasteiger partial charge in [0.15, 0.2) is 0 Å². The Morgan fingerprint density at radius 1 is 0.867 bits per heavy atom. The van der Waals surface area contributed by atoms with E-state index in [4.69, 9.17) is 11.5 Å². The van der Waals surface area contributed by atoms with Gasteiger partial charge >= 0.3 is 0 Å². The van der Waals surface area contributed by atoms with Gasteiger partial charge in [-0.05, 0) is 17.2 Å². The molecule has 0 spiro atoms. The molecule has 0 fully saturated rings. The molecule has 0 saturated carbocycles. The van der Waals surface area contributed by atoms with Crippen molar-refractivity contribution in [1.29, 1.82) is 0 Å². The Morgan fingerprint density at radius 2 is 1.30 bits per heavy atom. The summed E-state index contributed by atoms with van der Waals surface area (Å²) in [4.78, 5) is 37.4. The predicted octanol–water partition coefficient (Wildman–Crippen LogP) is -4.01. The summed E-state index contributed by atoms with van der Waals surface area (Å²) < 4.78 is 0. The summed E-state index contributed by atoms with van der Waals surface area (Å²) in [5.74, 6) is -3.00. The maximum Gasteiger partial charge on any atom is 0.252 e. The minimum absolute atomic E-state index is 0.0653. The van der Waals surface area contributed by atoms with Gasteiger partial charge in [-0.2, -0.15) is 0 Å². The summed E-state index contributed by atoms with van der Waals surface area (Å²) >= 11 is 0. The fraction of sp³-hybridized carbons (Fsp3) is 0.500. The number of aliphatic hydroxyl groups is 6. The molecule has 0 aliphatic heterocycles. The third kappa shape index (κ3) is 5.95. The molecular formula is C18H27N3O9. The molecule has 0 heterocycles. The zero-order valence-electron chi connectivity index (χ0n) is 16.2. The summed E-state index contributed by atoms with van der Waals surface area (Å²) in [6.07, 6.45) is -3.58. The molecule has 2 unspecified atom stereocenters. The van der Waals surface area contributed by atoms with Gasteiger partial charge in [0.1, 0.15) is 6.61 Å².